The van der Waals surface area contributed by atoms with Gasteiger partial charge in [0.25, 0.3) is 0 Å². The molecule has 3 atom stereocenters. The summed E-state index contributed by atoms with van der Waals surface area (Å²) in [6, 6.07) is 0.369. The van der Waals surface area contributed by atoms with Crippen molar-refractivity contribution in [3.63, 3.8) is 0 Å². The molecule has 3 aliphatic heterocycles. The van der Waals surface area contributed by atoms with Crippen LogP contribution >= 0.6 is 0 Å². The van der Waals surface area contributed by atoms with Crippen molar-refractivity contribution in [3.8, 4) is 0 Å². The van der Waals surface area contributed by atoms with Crippen LogP contribution in [-0.4, -0.2) is 60.4 Å². The zero-order valence-corrected chi connectivity index (χ0v) is 15.5. The number of hydrogen-bond donors (Lipinski definition) is 2. The van der Waals surface area contributed by atoms with Crippen LogP contribution in [0.3, 0.4) is 0 Å². The second-order valence-corrected chi connectivity index (χ2v) is 8.37. The summed E-state index contributed by atoms with van der Waals surface area (Å²) >= 11 is 0. The van der Waals surface area contributed by atoms with Crippen LogP contribution in [0.4, 0.5) is 0 Å². The van der Waals surface area contributed by atoms with Gasteiger partial charge >= 0.3 is 0 Å². The Balaban J connectivity index is 1.55. The molecule has 0 spiro atoms. The third kappa shape index (κ3) is 3.71. The summed E-state index contributed by atoms with van der Waals surface area (Å²) in [4.78, 5) is 7.37. The van der Waals surface area contributed by atoms with Gasteiger partial charge in [-0.1, -0.05) is 19.8 Å². The molecule has 0 aromatic heterocycles. The molecule has 0 aromatic rings. The summed E-state index contributed by atoms with van der Waals surface area (Å²) in [6.07, 6.45) is 10.5. The Hall–Kier alpha value is -1.11. The fourth-order valence-electron chi connectivity index (χ4n) is 5.11. The zero-order valence-electron chi connectivity index (χ0n) is 15.5. The van der Waals surface area contributed by atoms with Crippen molar-refractivity contribution in [2.75, 3.05) is 32.7 Å². The highest BCUT2D eigenvalue weighted by Crippen LogP contribution is 2.33. The number of nitrogens with one attached hydrogen (secondary N) is 2. The second-order valence-electron chi connectivity index (χ2n) is 8.37. The SMILES string of the molecule is CCCN[C@@H]1N=C2C(=CN1)C[N+]([O-])(CC1CCCC1)CC1CCCN21. The normalized spacial score (nSPS) is 35.5. The van der Waals surface area contributed by atoms with E-state index in [1.165, 1.54) is 32.1 Å². The third-order valence-electron chi connectivity index (χ3n) is 6.26. The summed E-state index contributed by atoms with van der Waals surface area (Å²) < 4.78 is -0.0502. The molecule has 25 heavy (non-hydrogen) atoms. The Morgan fingerprint density at radius 1 is 1.32 bits per heavy atom. The van der Waals surface area contributed by atoms with Gasteiger partial charge in [0.1, 0.15) is 12.4 Å². The second kappa shape index (κ2) is 7.25. The Bertz CT molecular complexity index is 542. The van der Waals surface area contributed by atoms with E-state index in [-0.39, 0.29) is 10.9 Å². The summed E-state index contributed by atoms with van der Waals surface area (Å²) in [5.74, 6) is 1.71. The van der Waals surface area contributed by atoms with Crippen LogP contribution in [0.25, 0.3) is 0 Å². The highest BCUT2D eigenvalue weighted by molar-refractivity contribution is 5.99. The van der Waals surface area contributed by atoms with Crippen LogP contribution in [0.15, 0.2) is 16.8 Å². The van der Waals surface area contributed by atoms with Gasteiger partial charge in [-0.15, -0.1) is 0 Å². The molecular weight excluding hydrogens is 314 g/mol. The minimum Gasteiger partial charge on any atom is -0.632 e. The molecule has 4 rings (SSSR count). The van der Waals surface area contributed by atoms with Crippen LogP contribution in [0.1, 0.15) is 51.9 Å². The molecule has 0 aromatic carbocycles. The minimum atomic E-state index is -0.0542. The Kier molecular flexibility index (Phi) is 5.02. The molecule has 0 amide bonds. The van der Waals surface area contributed by atoms with E-state index in [4.69, 9.17) is 4.99 Å². The summed E-state index contributed by atoms with van der Waals surface area (Å²) in [5.41, 5.74) is 1.12. The Labute approximate surface area is 151 Å². The Morgan fingerprint density at radius 2 is 2.16 bits per heavy atom. The highest BCUT2D eigenvalue weighted by atomic mass is 16.5. The molecule has 1 aliphatic carbocycles. The number of amidine groups is 1. The van der Waals surface area contributed by atoms with Crippen molar-refractivity contribution in [1.29, 1.82) is 0 Å². The number of hydrogen-bond acceptors (Lipinski definition) is 5. The van der Waals surface area contributed by atoms with E-state index < -0.39 is 0 Å². The van der Waals surface area contributed by atoms with Gasteiger partial charge in [-0.25, -0.2) is 4.99 Å². The average Bonchev–Trinajstić information content (AvgIpc) is 3.23. The van der Waals surface area contributed by atoms with Gasteiger partial charge in [-0.05, 0) is 38.6 Å². The predicted molar refractivity (Wildman–Crippen MR) is 101 cm³/mol. The quantitative estimate of drug-likeness (QED) is 0.591. The molecule has 3 heterocycles. The van der Waals surface area contributed by atoms with Crippen LogP contribution in [-0.2, 0) is 0 Å². The van der Waals surface area contributed by atoms with Crippen molar-refractivity contribution in [2.45, 2.75) is 64.2 Å². The van der Waals surface area contributed by atoms with Crippen LogP contribution in [0.5, 0.6) is 0 Å². The monoisotopic (exact) mass is 347 g/mol. The maximum atomic E-state index is 13.7. The number of rotatable bonds is 5. The molecule has 140 valence electrons. The van der Waals surface area contributed by atoms with E-state index in [0.717, 1.165) is 50.4 Å². The summed E-state index contributed by atoms with van der Waals surface area (Å²) in [7, 11) is 0. The standard InChI is InChI=1S/C19H33N5O/c1-2-9-20-19-21-11-16-13-24(25,12-15-6-3-4-7-15)14-17-8-5-10-23(17)18(16)22-19/h11,15,17,19-21H,2-10,12-14H2,1H3/t17?,19-,24?/m0/s1. The average molecular weight is 348 g/mol. The van der Waals surface area contributed by atoms with Crippen molar-refractivity contribution < 1.29 is 4.65 Å². The molecule has 2 unspecified atom stereocenters. The molecule has 6 heteroatoms. The number of quaternary nitrogens is 1. The smallest absolute Gasteiger partial charge is 0.175 e. The fraction of sp³-hybridized carbons (Fsp3) is 0.842. The molecule has 6 nitrogen and oxygen atoms in total. The minimum absolute atomic E-state index is 0.0502. The molecule has 2 N–H and O–H groups in total. The fourth-order valence-corrected chi connectivity index (χ4v) is 5.11. The topological polar surface area (TPSA) is 62.7 Å². The third-order valence-corrected chi connectivity index (χ3v) is 6.26. The maximum absolute atomic E-state index is 13.7. The zero-order chi connectivity index (χ0) is 17.3. The lowest BCUT2D eigenvalue weighted by atomic mass is 10.1. The van der Waals surface area contributed by atoms with Gasteiger partial charge in [0.2, 0.25) is 0 Å². The summed E-state index contributed by atoms with van der Waals surface area (Å²) in [6.45, 7) is 6.27. The Morgan fingerprint density at radius 3 is 2.96 bits per heavy atom. The molecule has 1 saturated carbocycles. The molecule has 2 saturated heterocycles. The lowest BCUT2D eigenvalue weighted by Gasteiger charge is -2.45. The van der Waals surface area contributed by atoms with Gasteiger partial charge < -0.3 is 20.1 Å². The lowest BCUT2D eigenvalue weighted by Crippen LogP contribution is -2.50. The molecule has 4 aliphatic rings. The van der Waals surface area contributed by atoms with Gasteiger partial charge in [0.05, 0.1) is 24.7 Å². The van der Waals surface area contributed by atoms with E-state index in [1.807, 2.05) is 0 Å². The van der Waals surface area contributed by atoms with Crippen LogP contribution < -0.4 is 10.6 Å². The first kappa shape index (κ1) is 17.3. The maximum Gasteiger partial charge on any atom is 0.175 e. The van der Waals surface area contributed by atoms with Gasteiger partial charge in [0.15, 0.2) is 6.29 Å². The highest BCUT2D eigenvalue weighted by Gasteiger charge is 2.41. The lowest BCUT2D eigenvalue weighted by molar-refractivity contribution is -0.879. The van der Waals surface area contributed by atoms with Crippen LogP contribution in [0, 0.1) is 11.1 Å². The molecule has 0 bridgehead atoms. The number of aliphatic imine (C=N–C) groups is 1. The van der Waals surface area contributed by atoms with Crippen molar-refractivity contribution in [1.82, 2.24) is 15.5 Å². The first-order valence-electron chi connectivity index (χ1n) is 10.3. The van der Waals surface area contributed by atoms with Crippen molar-refractivity contribution in [2.24, 2.45) is 10.9 Å². The van der Waals surface area contributed by atoms with Gasteiger partial charge in [-0.3, -0.25) is 5.32 Å². The van der Waals surface area contributed by atoms with E-state index >= 15 is 0 Å². The first-order valence-corrected chi connectivity index (χ1v) is 10.3. The number of fused-ring (bicyclic) bond motifs is 3. The van der Waals surface area contributed by atoms with Crippen molar-refractivity contribution in [3.05, 3.63) is 17.0 Å². The van der Waals surface area contributed by atoms with Gasteiger partial charge in [0, 0.05) is 18.7 Å². The predicted octanol–water partition coefficient (Wildman–Crippen LogP) is 2.14. The van der Waals surface area contributed by atoms with Crippen molar-refractivity contribution >= 4 is 5.84 Å². The first-order chi connectivity index (χ1) is 12.2. The van der Waals surface area contributed by atoms with Gasteiger partial charge in [-0.2, -0.15) is 0 Å². The van der Waals surface area contributed by atoms with E-state index in [2.05, 4.69) is 28.7 Å². The molecular formula is C19H33N5O. The van der Waals surface area contributed by atoms with E-state index in [1.54, 1.807) is 0 Å². The number of nitrogens with zero attached hydrogens (tertiary/aromatic N) is 3. The molecule has 0 radical (unpaired) electrons. The largest absolute Gasteiger partial charge is 0.632 e. The van der Waals surface area contributed by atoms with Crippen LogP contribution in [0.2, 0.25) is 0 Å². The summed E-state index contributed by atoms with van der Waals surface area (Å²) in [5, 5.41) is 20.5. The van der Waals surface area contributed by atoms with E-state index in [9.17, 15) is 5.21 Å². The molecule has 3 fully saturated rings. The number of hydroxylamine groups is 3. The van der Waals surface area contributed by atoms with E-state index in [0.29, 0.717) is 18.5 Å².